The van der Waals surface area contributed by atoms with Crippen LogP contribution in [0.5, 0.6) is 5.75 Å². The van der Waals surface area contributed by atoms with Gasteiger partial charge in [0.05, 0.1) is 12.2 Å². The molecule has 1 aliphatic rings. The maximum Gasteiger partial charge on any atom is 0.268 e. The van der Waals surface area contributed by atoms with E-state index in [9.17, 15) is 4.79 Å². The average Bonchev–Trinajstić information content (AvgIpc) is 2.50. The first-order valence-electron chi connectivity index (χ1n) is 7.57. The fourth-order valence-electron chi connectivity index (χ4n) is 2.71. The number of halogens is 1. The number of hydrogen-bond acceptors (Lipinski definition) is 3. The van der Waals surface area contributed by atoms with Gasteiger partial charge in [-0.1, -0.05) is 37.6 Å². The summed E-state index contributed by atoms with van der Waals surface area (Å²) in [4.78, 5) is 14.6. The molecule has 2 aromatic carbocycles. The Bertz CT molecular complexity index is 746. The molecule has 0 bridgehead atoms. The SMILES string of the molecule is CC(C)C1Oc2ccc(N)cc2N(Cc2cccc(Cl)c2)C1=O. The van der Waals surface area contributed by atoms with E-state index in [4.69, 9.17) is 22.1 Å². The Hall–Kier alpha value is -2.20. The largest absolute Gasteiger partial charge is 0.478 e. The van der Waals surface area contributed by atoms with E-state index in [-0.39, 0.29) is 11.8 Å². The average molecular weight is 331 g/mol. The van der Waals surface area contributed by atoms with Crippen LogP contribution < -0.4 is 15.4 Å². The van der Waals surface area contributed by atoms with Gasteiger partial charge in [0.25, 0.3) is 5.91 Å². The summed E-state index contributed by atoms with van der Waals surface area (Å²) in [6, 6.07) is 12.9. The van der Waals surface area contributed by atoms with E-state index in [1.54, 1.807) is 17.0 Å². The molecule has 0 saturated carbocycles. The van der Waals surface area contributed by atoms with Gasteiger partial charge in [0.2, 0.25) is 0 Å². The minimum absolute atomic E-state index is 0.0573. The van der Waals surface area contributed by atoms with Gasteiger partial charge in [0, 0.05) is 10.7 Å². The van der Waals surface area contributed by atoms with Crippen molar-refractivity contribution in [1.29, 1.82) is 0 Å². The number of amides is 1. The van der Waals surface area contributed by atoms with E-state index in [0.717, 1.165) is 5.56 Å². The van der Waals surface area contributed by atoms with Crippen LogP contribution in [0.4, 0.5) is 11.4 Å². The minimum atomic E-state index is -0.495. The van der Waals surface area contributed by atoms with Crippen LogP contribution in [0.25, 0.3) is 0 Å². The first-order valence-corrected chi connectivity index (χ1v) is 7.95. The van der Waals surface area contributed by atoms with Gasteiger partial charge in [-0.25, -0.2) is 0 Å². The molecule has 1 amide bonds. The number of fused-ring (bicyclic) bond motifs is 1. The van der Waals surface area contributed by atoms with Crippen molar-refractivity contribution in [2.75, 3.05) is 10.6 Å². The lowest BCUT2D eigenvalue weighted by atomic mass is 10.0. The smallest absolute Gasteiger partial charge is 0.268 e. The second kappa shape index (κ2) is 6.13. The molecule has 2 N–H and O–H groups in total. The van der Waals surface area contributed by atoms with Gasteiger partial charge in [0.15, 0.2) is 6.10 Å². The van der Waals surface area contributed by atoms with Gasteiger partial charge in [-0.15, -0.1) is 0 Å². The number of nitrogens with two attached hydrogens (primary N) is 1. The van der Waals surface area contributed by atoms with Crippen molar-refractivity contribution in [2.24, 2.45) is 5.92 Å². The van der Waals surface area contributed by atoms with Crippen LogP contribution >= 0.6 is 11.6 Å². The predicted molar refractivity (Wildman–Crippen MR) is 92.8 cm³/mol. The number of hydrogen-bond donors (Lipinski definition) is 1. The molecule has 1 atom stereocenters. The molecule has 0 radical (unpaired) electrons. The van der Waals surface area contributed by atoms with E-state index < -0.39 is 6.10 Å². The van der Waals surface area contributed by atoms with E-state index in [0.29, 0.717) is 28.7 Å². The van der Waals surface area contributed by atoms with Crippen LogP contribution in [0.15, 0.2) is 42.5 Å². The maximum absolute atomic E-state index is 12.9. The number of carbonyl (C=O) groups excluding carboxylic acids is 1. The molecule has 1 heterocycles. The molecule has 23 heavy (non-hydrogen) atoms. The third kappa shape index (κ3) is 3.13. The predicted octanol–water partition coefficient (Wildman–Crippen LogP) is 3.87. The van der Waals surface area contributed by atoms with E-state index in [2.05, 4.69) is 0 Å². The van der Waals surface area contributed by atoms with Crippen molar-refractivity contribution < 1.29 is 9.53 Å². The minimum Gasteiger partial charge on any atom is -0.478 e. The van der Waals surface area contributed by atoms with Crippen molar-refractivity contribution >= 4 is 28.9 Å². The highest BCUT2D eigenvalue weighted by atomic mass is 35.5. The number of benzene rings is 2. The van der Waals surface area contributed by atoms with Crippen LogP contribution in [-0.4, -0.2) is 12.0 Å². The Kier molecular flexibility index (Phi) is 4.18. The highest BCUT2D eigenvalue weighted by molar-refractivity contribution is 6.30. The Balaban J connectivity index is 2.02. The second-order valence-corrected chi connectivity index (χ2v) is 6.50. The lowest BCUT2D eigenvalue weighted by molar-refractivity contribution is -0.128. The zero-order chi connectivity index (χ0) is 16.6. The number of nitrogens with zero attached hydrogens (tertiary/aromatic N) is 1. The summed E-state index contributed by atoms with van der Waals surface area (Å²) in [6.45, 7) is 4.38. The molecule has 0 aromatic heterocycles. The van der Waals surface area contributed by atoms with Gasteiger partial charge in [0.1, 0.15) is 5.75 Å². The van der Waals surface area contributed by atoms with Crippen LogP contribution in [0.3, 0.4) is 0 Å². The van der Waals surface area contributed by atoms with Crippen molar-refractivity contribution in [1.82, 2.24) is 0 Å². The van der Waals surface area contributed by atoms with Crippen molar-refractivity contribution in [3.05, 3.63) is 53.1 Å². The molecule has 0 saturated heterocycles. The van der Waals surface area contributed by atoms with Gasteiger partial charge in [-0.05, 0) is 41.8 Å². The summed E-state index contributed by atoms with van der Waals surface area (Å²) >= 11 is 6.06. The summed E-state index contributed by atoms with van der Waals surface area (Å²) in [5.41, 5.74) is 8.15. The fourth-order valence-corrected chi connectivity index (χ4v) is 2.92. The first-order chi connectivity index (χ1) is 11.0. The molecule has 0 fully saturated rings. The van der Waals surface area contributed by atoms with Gasteiger partial charge >= 0.3 is 0 Å². The maximum atomic E-state index is 12.9. The van der Waals surface area contributed by atoms with E-state index in [1.165, 1.54) is 0 Å². The van der Waals surface area contributed by atoms with Crippen LogP contribution in [0.2, 0.25) is 5.02 Å². The number of ether oxygens (including phenoxy) is 1. The monoisotopic (exact) mass is 330 g/mol. The molecular formula is C18H19ClN2O2. The number of carbonyl (C=O) groups is 1. The van der Waals surface area contributed by atoms with E-state index in [1.807, 2.05) is 44.2 Å². The number of rotatable bonds is 3. The number of anilines is 2. The van der Waals surface area contributed by atoms with Crippen LogP contribution in [-0.2, 0) is 11.3 Å². The molecular weight excluding hydrogens is 312 g/mol. The summed E-state index contributed by atoms with van der Waals surface area (Å²) in [7, 11) is 0. The van der Waals surface area contributed by atoms with Gasteiger partial charge in [-0.3, -0.25) is 4.79 Å². The molecule has 4 nitrogen and oxygen atoms in total. The summed E-state index contributed by atoms with van der Waals surface area (Å²) in [5, 5.41) is 0.649. The van der Waals surface area contributed by atoms with Crippen molar-refractivity contribution in [3.8, 4) is 5.75 Å². The first kappa shape index (κ1) is 15.7. The summed E-state index contributed by atoms with van der Waals surface area (Å²) < 4.78 is 5.88. The topological polar surface area (TPSA) is 55.6 Å². The quantitative estimate of drug-likeness (QED) is 0.869. The molecule has 3 rings (SSSR count). The lowest BCUT2D eigenvalue weighted by Crippen LogP contribution is -2.48. The number of nitrogen functional groups attached to an aromatic ring is 1. The third-order valence-electron chi connectivity index (χ3n) is 3.87. The molecule has 0 aliphatic carbocycles. The Morgan fingerprint density at radius 2 is 2.04 bits per heavy atom. The molecule has 1 unspecified atom stereocenters. The normalized spacial score (nSPS) is 17.1. The van der Waals surface area contributed by atoms with Crippen molar-refractivity contribution in [3.63, 3.8) is 0 Å². The molecule has 0 spiro atoms. The Morgan fingerprint density at radius 1 is 1.26 bits per heavy atom. The molecule has 120 valence electrons. The lowest BCUT2D eigenvalue weighted by Gasteiger charge is -2.36. The summed E-state index contributed by atoms with van der Waals surface area (Å²) in [5.74, 6) is 0.702. The molecule has 2 aromatic rings. The highest BCUT2D eigenvalue weighted by Crippen LogP contribution is 2.38. The molecule has 1 aliphatic heterocycles. The van der Waals surface area contributed by atoms with Gasteiger partial charge < -0.3 is 15.4 Å². The summed E-state index contributed by atoms with van der Waals surface area (Å²) in [6.07, 6.45) is -0.495. The third-order valence-corrected chi connectivity index (χ3v) is 4.11. The molecule has 5 heteroatoms. The van der Waals surface area contributed by atoms with Crippen LogP contribution in [0, 0.1) is 5.92 Å². The second-order valence-electron chi connectivity index (χ2n) is 6.06. The zero-order valence-corrected chi connectivity index (χ0v) is 13.9. The fraction of sp³-hybridized carbons (Fsp3) is 0.278. The zero-order valence-electron chi connectivity index (χ0n) is 13.1. The Morgan fingerprint density at radius 3 is 2.74 bits per heavy atom. The standard InChI is InChI=1S/C18H19ClN2O2/c1-11(2)17-18(22)21(10-12-4-3-5-13(19)8-12)15-9-14(20)6-7-16(15)23-17/h3-9,11,17H,10,20H2,1-2H3. The van der Waals surface area contributed by atoms with Gasteiger partial charge in [-0.2, -0.15) is 0 Å². The van der Waals surface area contributed by atoms with E-state index >= 15 is 0 Å². The highest BCUT2D eigenvalue weighted by Gasteiger charge is 2.36. The Labute approximate surface area is 140 Å². The van der Waals surface area contributed by atoms with Crippen molar-refractivity contribution in [2.45, 2.75) is 26.5 Å². The van der Waals surface area contributed by atoms with Crippen LogP contribution in [0.1, 0.15) is 19.4 Å².